The number of likely N-dealkylation sites (N-methyl/N-ethyl adjacent to an activating group) is 1. The number of hydrogen-bond acceptors (Lipinski definition) is 14. The van der Waals surface area contributed by atoms with Crippen molar-refractivity contribution < 1.29 is 63.2 Å². The van der Waals surface area contributed by atoms with E-state index in [1.165, 1.54) is 25.2 Å². The molecule has 0 saturated carbocycles. The minimum atomic E-state index is -1.99. The van der Waals surface area contributed by atoms with Crippen LogP contribution in [-0.4, -0.2) is 167 Å². The molecule has 16 heteroatoms. The van der Waals surface area contributed by atoms with Gasteiger partial charge in [0.1, 0.15) is 41.7 Å². The zero-order valence-electron chi connectivity index (χ0n) is 37.5. The first-order valence-electron chi connectivity index (χ1n) is 21.1. The van der Waals surface area contributed by atoms with E-state index in [9.17, 15) is 30.0 Å². The monoisotopic (exact) mass is 832 g/mol. The highest BCUT2D eigenvalue weighted by Gasteiger charge is 2.54. The van der Waals surface area contributed by atoms with E-state index < -0.39 is 102 Å². The number of amides is 2. The average molecular weight is 832 g/mol. The zero-order chi connectivity index (χ0) is 44.1. The Morgan fingerprint density at radius 1 is 1.00 bits per heavy atom. The van der Waals surface area contributed by atoms with Gasteiger partial charge < -0.3 is 68.7 Å². The predicted molar refractivity (Wildman–Crippen MR) is 216 cm³/mol. The first-order valence-corrected chi connectivity index (χ1v) is 21.1. The molecule has 3 saturated heterocycles. The Morgan fingerprint density at radius 3 is 2.19 bits per heavy atom. The van der Waals surface area contributed by atoms with Crippen molar-refractivity contribution in [3.63, 3.8) is 0 Å². The van der Waals surface area contributed by atoms with Crippen LogP contribution >= 0.6 is 0 Å². The molecule has 338 valence electrons. The van der Waals surface area contributed by atoms with Gasteiger partial charge in [0, 0.05) is 38.6 Å². The number of ether oxygens (including phenoxy) is 7. The van der Waals surface area contributed by atoms with Gasteiger partial charge in [0.15, 0.2) is 12.6 Å². The smallest absolute Gasteiger partial charge is 0.317 e. The molecule has 3 aliphatic rings. The van der Waals surface area contributed by atoms with Gasteiger partial charge in [-0.1, -0.05) is 27.4 Å². The van der Waals surface area contributed by atoms with Crippen molar-refractivity contribution in [3.05, 3.63) is 12.8 Å². The van der Waals surface area contributed by atoms with E-state index in [1.54, 1.807) is 41.5 Å². The quantitative estimate of drug-likeness (QED) is 0.159. The number of nitrogens with one attached hydrogen (secondary N) is 1. The van der Waals surface area contributed by atoms with Crippen molar-refractivity contribution in [2.75, 3.05) is 34.3 Å². The number of aliphatic hydroxyl groups is 4. The van der Waals surface area contributed by atoms with Gasteiger partial charge in [-0.2, -0.15) is 0 Å². The largest absolute Gasteiger partial charge is 0.493 e. The van der Waals surface area contributed by atoms with Crippen molar-refractivity contribution >= 4 is 12.0 Å². The van der Waals surface area contributed by atoms with E-state index in [-0.39, 0.29) is 43.9 Å². The van der Waals surface area contributed by atoms with Crippen molar-refractivity contribution in [1.29, 1.82) is 0 Å². The van der Waals surface area contributed by atoms with Crippen molar-refractivity contribution in [1.82, 2.24) is 15.1 Å². The molecule has 0 unspecified atom stereocenters. The number of aliphatic hydroxyl groups excluding tert-OH is 3. The first kappa shape index (κ1) is 50.2. The summed E-state index contributed by atoms with van der Waals surface area (Å²) in [5, 5.41) is 49.4. The lowest BCUT2D eigenvalue weighted by Crippen LogP contribution is -2.61. The maximum absolute atomic E-state index is 14.5. The number of carbonyl (C=O) groups excluding carboxylic acids is 2. The van der Waals surface area contributed by atoms with Crippen LogP contribution in [0.2, 0.25) is 0 Å². The van der Waals surface area contributed by atoms with Crippen molar-refractivity contribution in [3.8, 4) is 0 Å². The highest BCUT2D eigenvalue weighted by molar-refractivity contribution is 5.74. The Kier molecular flexibility index (Phi) is 17.9. The summed E-state index contributed by atoms with van der Waals surface area (Å²) in [5.74, 6) is -2.86. The van der Waals surface area contributed by atoms with Crippen LogP contribution in [0, 0.1) is 17.8 Å². The lowest BCUT2D eigenvalue weighted by molar-refractivity contribution is -0.318. The summed E-state index contributed by atoms with van der Waals surface area (Å²) in [4.78, 5) is 31.5. The van der Waals surface area contributed by atoms with E-state index in [2.05, 4.69) is 11.9 Å². The fourth-order valence-electron chi connectivity index (χ4n) is 9.31. The number of hydrogen-bond donors (Lipinski definition) is 5. The number of esters is 1. The van der Waals surface area contributed by atoms with Gasteiger partial charge in [-0.05, 0) is 94.7 Å². The summed E-state index contributed by atoms with van der Waals surface area (Å²) in [6, 6.07) is -1.68. The van der Waals surface area contributed by atoms with E-state index in [4.69, 9.17) is 33.2 Å². The molecule has 3 aliphatic heterocycles. The molecular formula is C42H77N3O13. The van der Waals surface area contributed by atoms with E-state index in [0.29, 0.717) is 13.0 Å². The van der Waals surface area contributed by atoms with Gasteiger partial charge in [-0.25, -0.2) is 4.79 Å². The van der Waals surface area contributed by atoms with Gasteiger partial charge >= 0.3 is 12.0 Å². The number of nitrogens with zero attached hydrogens (tertiary/aromatic N) is 2. The van der Waals surface area contributed by atoms with Gasteiger partial charge in [0.2, 0.25) is 0 Å². The maximum atomic E-state index is 14.5. The number of methoxy groups -OCH3 is 1. The zero-order valence-corrected chi connectivity index (χ0v) is 37.5. The second-order valence-corrected chi connectivity index (χ2v) is 18.0. The van der Waals surface area contributed by atoms with Crippen LogP contribution in [0.1, 0.15) is 102 Å². The summed E-state index contributed by atoms with van der Waals surface area (Å²) in [6.45, 7) is 23.6. The summed E-state index contributed by atoms with van der Waals surface area (Å²) in [7, 11) is 5.27. The molecule has 0 spiro atoms. The number of rotatable bonds is 10. The van der Waals surface area contributed by atoms with E-state index in [0.717, 1.165) is 0 Å². The summed E-state index contributed by atoms with van der Waals surface area (Å²) in [6.07, 6.45) is -7.50. The molecule has 2 amide bonds. The molecule has 16 nitrogen and oxygen atoms in total. The fraction of sp³-hybridized carbons (Fsp3) is 0.905. The van der Waals surface area contributed by atoms with Gasteiger partial charge in [0.25, 0.3) is 0 Å². The number of carbonyl (C=O) groups is 2. The Labute approximate surface area is 346 Å². The van der Waals surface area contributed by atoms with Crippen LogP contribution in [0.4, 0.5) is 4.79 Å². The Morgan fingerprint density at radius 2 is 1.64 bits per heavy atom. The second-order valence-electron chi connectivity index (χ2n) is 18.0. The minimum absolute atomic E-state index is 0.113. The Bertz CT molecular complexity index is 1340. The SMILES string of the molecule is C=CO[C@]1(C)C[C@@H](C)CN(C(=O)NCC)[C@H](C)[C@@H](O)[C@](C)(O)[C@@H](CC)OC(=O)[C@H](C)[C@@H](O[C@H]2C[C@@](C)(OC)[C@@H](O)[C@H](C)O2)[C@H](C)[C@H]1O[C@@H]1O[C@H](C)C[C@H](N(C)C)[C@H]1O. The highest BCUT2D eigenvalue weighted by Crippen LogP contribution is 2.41. The minimum Gasteiger partial charge on any atom is -0.493 e. The molecule has 0 aliphatic carbocycles. The maximum Gasteiger partial charge on any atom is 0.317 e. The summed E-state index contributed by atoms with van der Waals surface area (Å²) >= 11 is 0. The third-order valence-corrected chi connectivity index (χ3v) is 12.8. The topological polar surface area (TPSA) is 198 Å². The summed E-state index contributed by atoms with van der Waals surface area (Å²) < 4.78 is 44.6. The highest BCUT2D eigenvalue weighted by atomic mass is 16.7. The predicted octanol–water partition coefficient (Wildman–Crippen LogP) is 3.17. The first-order chi connectivity index (χ1) is 26.9. The van der Waals surface area contributed by atoms with E-state index >= 15 is 0 Å². The van der Waals surface area contributed by atoms with Crippen LogP contribution in [0.5, 0.6) is 0 Å². The molecule has 3 heterocycles. The average Bonchev–Trinajstić information content (AvgIpc) is 3.15. The normalized spacial score (nSPS) is 45.1. The standard InChI is InChI=1S/C42H77N3O13/c1-16-30-42(12,51)34(47)27(8)45(39(50)43-17-2)22-23(4)20-41(11,53-18-3)36(58-38-32(46)29(44(13)14)19-24(5)54-38)25(6)33(26(7)37(49)56-30)57-31-21-40(10,52-15)35(48)28(9)55-31/h18,23-36,38,46-48,51H,3,16-17,19-22H2,1-2,4-15H3,(H,43,50)/t23-,24-,25+,26-,27-,28+,29+,30-,31+,32-,33+,34-,35+,36-,38+,40-,41-,42-/m1/s1. The van der Waals surface area contributed by atoms with Crippen molar-refractivity contribution in [2.45, 2.75) is 192 Å². The molecule has 0 bridgehead atoms. The van der Waals surface area contributed by atoms with Crippen LogP contribution in [0.3, 0.4) is 0 Å². The fourth-order valence-corrected chi connectivity index (χ4v) is 9.31. The Balaban J connectivity index is 2.30. The lowest BCUT2D eigenvalue weighted by atomic mass is 9.77. The van der Waals surface area contributed by atoms with Gasteiger partial charge in [0.05, 0.1) is 42.1 Å². The molecule has 3 fully saturated rings. The number of cyclic esters (lactones) is 1. The van der Waals surface area contributed by atoms with Crippen LogP contribution in [-0.2, 0) is 38.0 Å². The lowest BCUT2D eigenvalue weighted by Gasteiger charge is -2.49. The van der Waals surface area contributed by atoms with Crippen molar-refractivity contribution in [2.24, 2.45) is 17.8 Å². The molecule has 0 radical (unpaired) electrons. The molecule has 0 aromatic heterocycles. The summed E-state index contributed by atoms with van der Waals surface area (Å²) in [5.41, 5.74) is -4.31. The molecular weight excluding hydrogens is 754 g/mol. The van der Waals surface area contributed by atoms with Crippen LogP contribution in [0.15, 0.2) is 12.8 Å². The molecule has 5 N–H and O–H groups in total. The van der Waals surface area contributed by atoms with E-state index in [1.807, 2.05) is 46.7 Å². The molecule has 18 atom stereocenters. The number of urea groups is 1. The third-order valence-electron chi connectivity index (χ3n) is 12.8. The molecule has 3 rings (SSSR count). The third kappa shape index (κ3) is 11.2. The molecule has 0 aromatic carbocycles. The molecule has 0 aromatic rings. The van der Waals surface area contributed by atoms with Crippen LogP contribution in [0.25, 0.3) is 0 Å². The second kappa shape index (κ2) is 20.6. The molecule has 58 heavy (non-hydrogen) atoms. The Hall–Kier alpha value is -2.12. The van der Waals surface area contributed by atoms with Gasteiger partial charge in [-0.15, -0.1) is 0 Å². The van der Waals surface area contributed by atoms with Gasteiger partial charge in [-0.3, -0.25) is 4.79 Å². The van der Waals surface area contributed by atoms with Crippen LogP contribution < -0.4 is 5.32 Å².